The van der Waals surface area contributed by atoms with Gasteiger partial charge >= 0.3 is 0 Å². The molecule has 0 bridgehead atoms. The molecule has 1 aromatic heterocycles. The Hall–Kier alpha value is -3.51. The molecule has 5 rings (SSSR count). The molecule has 2 fully saturated rings. The lowest BCUT2D eigenvalue weighted by molar-refractivity contribution is -0.143. The molecular weight excluding hydrogens is 366 g/mol. The molecule has 0 N–H and O–H groups in total. The third kappa shape index (κ3) is 2.98. The van der Waals surface area contributed by atoms with E-state index in [1.54, 1.807) is 11.3 Å². The Morgan fingerprint density at radius 2 is 1.52 bits per heavy atom. The summed E-state index contributed by atoms with van der Waals surface area (Å²) in [5.74, 6) is -1.16. The minimum Gasteiger partial charge on any atom is -0.275 e. The molecule has 2 aliphatic heterocycles. The molecule has 2 saturated heterocycles. The number of hydrogen-bond donors (Lipinski definition) is 0. The van der Waals surface area contributed by atoms with E-state index in [-0.39, 0.29) is 18.4 Å². The number of anilines is 1. The summed E-state index contributed by atoms with van der Waals surface area (Å²) >= 11 is 0. The van der Waals surface area contributed by atoms with Crippen LogP contribution in [-0.2, 0) is 21.0 Å². The second kappa shape index (κ2) is 7.14. The van der Waals surface area contributed by atoms with Crippen LogP contribution < -0.4 is 5.06 Å². The lowest BCUT2D eigenvalue weighted by Gasteiger charge is -2.28. The van der Waals surface area contributed by atoms with Gasteiger partial charge in [-0.3, -0.25) is 24.3 Å². The van der Waals surface area contributed by atoms with Gasteiger partial charge in [0.1, 0.15) is 12.0 Å². The quantitative estimate of drug-likeness (QED) is 0.646. The van der Waals surface area contributed by atoms with Crippen LogP contribution >= 0.6 is 0 Å². The van der Waals surface area contributed by atoms with Crippen molar-refractivity contribution < 1.29 is 14.4 Å². The SMILES string of the molecule is O=C1[C@H]2[C@@H](ON(c3ccccc3)[C@H]2c2ccccn2)C(=O)N1Cc1ccccc1. The zero-order valence-electron chi connectivity index (χ0n) is 15.6. The van der Waals surface area contributed by atoms with Gasteiger partial charge in [0.15, 0.2) is 6.10 Å². The van der Waals surface area contributed by atoms with Gasteiger partial charge in [0.05, 0.1) is 17.9 Å². The molecule has 6 nitrogen and oxygen atoms in total. The Morgan fingerprint density at radius 3 is 2.21 bits per heavy atom. The van der Waals surface area contributed by atoms with Gasteiger partial charge in [-0.2, -0.15) is 0 Å². The van der Waals surface area contributed by atoms with Crippen LogP contribution in [0.1, 0.15) is 17.3 Å². The number of carbonyl (C=O) groups is 2. The number of amides is 2. The van der Waals surface area contributed by atoms with E-state index in [2.05, 4.69) is 4.98 Å². The van der Waals surface area contributed by atoms with Crippen molar-refractivity contribution in [2.45, 2.75) is 18.7 Å². The van der Waals surface area contributed by atoms with Gasteiger partial charge in [0, 0.05) is 6.20 Å². The molecule has 0 aliphatic carbocycles. The predicted octanol–water partition coefficient (Wildman–Crippen LogP) is 3.13. The first kappa shape index (κ1) is 17.6. The third-order valence-electron chi connectivity index (χ3n) is 5.39. The summed E-state index contributed by atoms with van der Waals surface area (Å²) in [5, 5.41) is 1.66. The lowest BCUT2D eigenvalue weighted by atomic mass is 9.93. The Bertz CT molecular complexity index is 1030. The van der Waals surface area contributed by atoms with E-state index in [1.165, 1.54) is 4.90 Å². The van der Waals surface area contributed by atoms with E-state index in [0.717, 1.165) is 11.3 Å². The van der Waals surface area contributed by atoms with Gasteiger partial charge in [-0.05, 0) is 29.8 Å². The summed E-state index contributed by atoms with van der Waals surface area (Å²) in [4.78, 5) is 38.3. The number of pyridine rings is 1. The fourth-order valence-corrected chi connectivity index (χ4v) is 4.04. The first-order chi connectivity index (χ1) is 14.2. The van der Waals surface area contributed by atoms with E-state index in [0.29, 0.717) is 5.69 Å². The second-order valence-corrected chi connectivity index (χ2v) is 7.16. The van der Waals surface area contributed by atoms with Crippen LogP contribution in [0, 0.1) is 5.92 Å². The van der Waals surface area contributed by atoms with Gasteiger partial charge in [-0.25, -0.2) is 5.06 Å². The van der Waals surface area contributed by atoms with Crippen LogP contribution in [0.2, 0.25) is 0 Å². The standard InChI is InChI=1S/C23H19N3O3/c27-22-19-20(18-13-7-8-14-24-18)26(17-11-5-2-6-12-17)29-21(19)23(28)25(22)15-16-9-3-1-4-10-16/h1-14,19-21H,15H2/t19-,20+,21-/m1/s1. The van der Waals surface area contributed by atoms with Crippen molar-refractivity contribution in [2.24, 2.45) is 5.92 Å². The van der Waals surface area contributed by atoms with Crippen molar-refractivity contribution in [3.8, 4) is 0 Å². The number of hydrogen-bond acceptors (Lipinski definition) is 5. The van der Waals surface area contributed by atoms with Crippen LogP contribution in [0.25, 0.3) is 0 Å². The first-order valence-electron chi connectivity index (χ1n) is 9.55. The number of likely N-dealkylation sites (tertiary alicyclic amines) is 1. The number of nitrogens with zero attached hydrogens (tertiary/aromatic N) is 3. The van der Waals surface area contributed by atoms with Crippen molar-refractivity contribution in [1.29, 1.82) is 0 Å². The molecule has 2 amide bonds. The number of carbonyl (C=O) groups excluding carboxylic acids is 2. The van der Waals surface area contributed by atoms with Gasteiger partial charge in [0.2, 0.25) is 5.91 Å². The van der Waals surface area contributed by atoms with Crippen LogP contribution in [0.15, 0.2) is 85.1 Å². The highest BCUT2D eigenvalue weighted by Gasteiger charge is 2.60. The molecule has 3 heterocycles. The van der Waals surface area contributed by atoms with Crippen LogP contribution in [0.3, 0.4) is 0 Å². The number of imide groups is 1. The van der Waals surface area contributed by atoms with Crippen LogP contribution in [0.4, 0.5) is 5.69 Å². The molecule has 0 spiro atoms. The molecule has 3 atom stereocenters. The summed E-state index contributed by atoms with van der Waals surface area (Å²) in [5.41, 5.74) is 2.39. The fourth-order valence-electron chi connectivity index (χ4n) is 4.04. The Morgan fingerprint density at radius 1 is 0.828 bits per heavy atom. The monoisotopic (exact) mass is 385 g/mol. The zero-order chi connectivity index (χ0) is 19.8. The van der Waals surface area contributed by atoms with Crippen molar-refractivity contribution in [2.75, 3.05) is 5.06 Å². The maximum atomic E-state index is 13.3. The lowest BCUT2D eigenvalue weighted by Crippen LogP contribution is -2.37. The van der Waals surface area contributed by atoms with Crippen LogP contribution in [-0.4, -0.2) is 27.8 Å². The average molecular weight is 385 g/mol. The number of rotatable bonds is 4. The Kier molecular flexibility index (Phi) is 4.33. The summed E-state index contributed by atoms with van der Waals surface area (Å²) in [6.45, 7) is 0.245. The second-order valence-electron chi connectivity index (χ2n) is 7.16. The van der Waals surface area contributed by atoms with E-state index < -0.39 is 18.1 Å². The highest BCUT2D eigenvalue weighted by Crippen LogP contribution is 2.46. The van der Waals surface area contributed by atoms with Gasteiger partial charge in [-0.1, -0.05) is 54.6 Å². The fraction of sp³-hybridized carbons (Fsp3) is 0.174. The summed E-state index contributed by atoms with van der Waals surface area (Å²) in [6, 6.07) is 24.1. The molecule has 144 valence electrons. The average Bonchev–Trinajstić information content (AvgIpc) is 3.28. The zero-order valence-corrected chi connectivity index (χ0v) is 15.6. The van der Waals surface area contributed by atoms with Crippen molar-refractivity contribution in [3.05, 3.63) is 96.3 Å². The molecule has 29 heavy (non-hydrogen) atoms. The Balaban J connectivity index is 1.52. The minimum atomic E-state index is -0.849. The minimum absolute atomic E-state index is 0.224. The highest BCUT2D eigenvalue weighted by atomic mass is 16.7. The third-order valence-corrected chi connectivity index (χ3v) is 5.39. The van der Waals surface area contributed by atoms with E-state index in [9.17, 15) is 9.59 Å². The van der Waals surface area contributed by atoms with E-state index in [1.807, 2.05) is 78.9 Å². The molecule has 0 radical (unpaired) electrons. The molecule has 3 aromatic rings. The maximum Gasteiger partial charge on any atom is 0.262 e. The van der Waals surface area contributed by atoms with Crippen molar-refractivity contribution in [3.63, 3.8) is 0 Å². The predicted molar refractivity (Wildman–Crippen MR) is 106 cm³/mol. The summed E-state index contributed by atoms with van der Waals surface area (Å²) < 4.78 is 0. The number of aromatic nitrogens is 1. The summed E-state index contributed by atoms with van der Waals surface area (Å²) in [7, 11) is 0. The number of hydroxylamine groups is 1. The largest absolute Gasteiger partial charge is 0.275 e. The van der Waals surface area contributed by atoms with Gasteiger partial charge < -0.3 is 0 Å². The van der Waals surface area contributed by atoms with Crippen molar-refractivity contribution in [1.82, 2.24) is 9.88 Å². The van der Waals surface area contributed by atoms with Crippen molar-refractivity contribution >= 4 is 17.5 Å². The van der Waals surface area contributed by atoms with Gasteiger partial charge in [0.25, 0.3) is 5.91 Å². The summed E-state index contributed by atoms with van der Waals surface area (Å²) in [6.07, 6.45) is 0.841. The van der Waals surface area contributed by atoms with Gasteiger partial charge in [-0.15, -0.1) is 0 Å². The normalized spacial score (nSPS) is 23.5. The molecular formula is C23H19N3O3. The molecule has 0 saturated carbocycles. The Labute approximate surface area is 168 Å². The number of benzene rings is 2. The smallest absolute Gasteiger partial charge is 0.262 e. The molecule has 6 heteroatoms. The van der Waals surface area contributed by atoms with E-state index >= 15 is 0 Å². The first-order valence-corrected chi connectivity index (χ1v) is 9.55. The number of fused-ring (bicyclic) bond motifs is 1. The maximum absolute atomic E-state index is 13.3. The molecule has 2 aliphatic rings. The van der Waals surface area contributed by atoms with Crippen LogP contribution in [0.5, 0.6) is 0 Å². The van der Waals surface area contributed by atoms with E-state index in [4.69, 9.17) is 4.84 Å². The number of para-hydroxylation sites is 1. The molecule has 2 aromatic carbocycles. The highest BCUT2D eigenvalue weighted by molar-refractivity contribution is 6.07. The topological polar surface area (TPSA) is 62.7 Å². The molecule has 0 unspecified atom stereocenters.